The molecule has 1 aliphatic rings. The Bertz CT molecular complexity index is 305. The number of nitrogens with zero attached hydrogens (tertiary/aromatic N) is 1. The number of piperidine rings is 1. The van der Waals surface area contributed by atoms with Gasteiger partial charge in [0.25, 0.3) is 0 Å². The Labute approximate surface area is 106 Å². The highest BCUT2D eigenvalue weighted by atomic mass is 127. The van der Waals surface area contributed by atoms with Gasteiger partial charge in [-0.15, -0.1) is 0 Å². The van der Waals surface area contributed by atoms with E-state index in [1.54, 1.807) is 0 Å². The highest BCUT2D eigenvalue weighted by Gasteiger charge is 2.09. The van der Waals surface area contributed by atoms with Crippen molar-refractivity contribution in [3.05, 3.63) is 33.4 Å². The number of likely N-dealkylation sites (tertiary alicyclic amines) is 1. The van der Waals surface area contributed by atoms with E-state index < -0.39 is 0 Å². The van der Waals surface area contributed by atoms with E-state index in [9.17, 15) is 0 Å². The molecule has 1 heterocycles. The van der Waals surface area contributed by atoms with Crippen molar-refractivity contribution in [3.8, 4) is 0 Å². The first-order valence-corrected chi connectivity index (χ1v) is 6.90. The third kappa shape index (κ3) is 3.45. The molecule has 0 aliphatic carbocycles. The van der Waals surface area contributed by atoms with Crippen LogP contribution < -0.4 is 0 Å². The predicted molar refractivity (Wildman–Crippen MR) is 73.2 cm³/mol. The Kier molecular flexibility index (Phi) is 4.44. The molecule has 0 saturated carbocycles. The standard InChI is InChI=1S/C13H18IN/c14-13-7-3-2-6-12(13)8-11-15-9-4-1-5-10-15/h2-3,6-7H,1,4-5,8-11H2. The smallest absolute Gasteiger partial charge is 0.0162 e. The monoisotopic (exact) mass is 315 g/mol. The maximum Gasteiger partial charge on any atom is 0.0162 e. The largest absolute Gasteiger partial charge is 0.303 e. The average molecular weight is 315 g/mol. The van der Waals surface area contributed by atoms with Gasteiger partial charge in [0.1, 0.15) is 0 Å². The summed E-state index contributed by atoms with van der Waals surface area (Å²) in [6.07, 6.45) is 5.43. The molecule has 2 heteroatoms. The summed E-state index contributed by atoms with van der Waals surface area (Å²) >= 11 is 2.44. The van der Waals surface area contributed by atoms with Gasteiger partial charge in [-0.1, -0.05) is 24.6 Å². The molecule has 1 fully saturated rings. The second-order valence-corrected chi connectivity index (χ2v) is 5.41. The quantitative estimate of drug-likeness (QED) is 0.774. The lowest BCUT2D eigenvalue weighted by Crippen LogP contribution is -2.31. The second kappa shape index (κ2) is 5.85. The van der Waals surface area contributed by atoms with Crippen molar-refractivity contribution in [3.63, 3.8) is 0 Å². The van der Waals surface area contributed by atoms with E-state index in [-0.39, 0.29) is 0 Å². The molecule has 0 radical (unpaired) electrons. The van der Waals surface area contributed by atoms with Crippen LogP contribution in [0.1, 0.15) is 24.8 Å². The molecule has 0 aromatic heterocycles. The van der Waals surface area contributed by atoms with Crippen LogP contribution in [-0.2, 0) is 6.42 Å². The van der Waals surface area contributed by atoms with Gasteiger partial charge in [0.15, 0.2) is 0 Å². The van der Waals surface area contributed by atoms with E-state index in [1.165, 1.54) is 54.5 Å². The van der Waals surface area contributed by atoms with Gasteiger partial charge in [-0.2, -0.15) is 0 Å². The minimum atomic E-state index is 1.21. The maximum atomic E-state index is 2.60. The van der Waals surface area contributed by atoms with Crippen LogP contribution in [0, 0.1) is 3.57 Å². The van der Waals surface area contributed by atoms with E-state index in [1.807, 2.05) is 0 Å². The molecular formula is C13H18IN. The lowest BCUT2D eigenvalue weighted by Gasteiger charge is -2.26. The van der Waals surface area contributed by atoms with Crippen LogP contribution in [0.5, 0.6) is 0 Å². The molecule has 1 nitrogen and oxygen atoms in total. The molecule has 15 heavy (non-hydrogen) atoms. The first kappa shape index (κ1) is 11.4. The van der Waals surface area contributed by atoms with Gasteiger partial charge >= 0.3 is 0 Å². The Hall–Kier alpha value is -0.0900. The van der Waals surface area contributed by atoms with Crippen molar-refractivity contribution in [1.29, 1.82) is 0 Å². The van der Waals surface area contributed by atoms with Crippen LogP contribution in [-0.4, -0.2) is 24.5 Å². The van der Waals surface area contributed by atoms with E-state index in [0.29, 0.717) is 0 Å². The molecule has 0 amide bonds. The third-order valence-electron chi connectivity index (χ3n) is 3.10. The summed E-state index contributed by atoms with van der Waals surface area (Å²) in [6.45, 7) is 3.85. The van der Waals surface area contributed by atoms with Gasteiger partial charge in [0.2, 0.25) is 0 Å². The average Bonchev–Trinajstić information content (AvgIpc) is 2.29. The molecule has 1 aromatic carbocycles. The maximum absolute atomic E-state index is 2.60. The summed E-state index contributed by atoms with van der Waals surface area (Å²) in [5.41, 5.74) is 1.50. The Balaban J connectivity index is 1.84. The summed E-state index contributed by atoms with van der Waals surface area (Å²) in [6, 6.07) is 8.72. The fraction of sp³-hybridized carbons (Fsp3) is 0.538. The topological polar surface area (TPSA) is 3.24 Å². The summed E-state index contributed by atoms with van der Waals surface area (Å²) in [7, 11) is 0. The van der Waals surface area contributed by atoms with Crippen molar-refractivity contribution in [1.82, 2.24) is 4.90 Å². The van der Waals surface area contributed by atoms with Crippen molar-refractivity contribution >= 4 is 22.6 Å². The number of hydrogen-bond acceptors (Lipinski definition) is 1. The van der Waals surface area contributed by atoms with E-state index in [2.05, 4.69) is 51.8 Å². The van der Waals surface area contributed by atoms with Crippen LogP contribution >= 0.6 is 22.6 Å². The molecule has 82 valence electrons. The fourth-order valence-corrected chi connectivity index (χ4v) is 2.82. The fourth-order valence-electron chi connectivity index (χ4n) is 2.16. The second-order valence-electron chi connectivity index (χ2n) is 4.24. The molecule has 0 spiro atoms. The molecule has 0 atom stereocenters. The molecule has 0 N–H and O–H groups in total. The van der Waals surface area contributed by atoms with Crippen LogP contribution in [0.15, 0.2) is 24.3 Å². The van der Waals surface area contributed by atoms with Crippen LogP contribution in [0.4, 0.5) is 0 Å². The Morgan fingerprint density at radius 3 is 2.53 bits per heavy atom. The molecule has 1 saturated heterocycles. The van der Waals surface area contributed by atoms with E-state index in [4.69, 9.17) is 0 Å². The number of benzene rings is 1. The summed E-state index contributed by atoms with van der Waals surface area (Å²) in [5, 5.41) is 0. The predicted octanol–water partition coefficient (Wildman–Crippen LogP) is 3.32. The van der Waals surface area contributed by atoms with Crippen LogP contribution in [0.3, 0.4) is 0 Å². The number of rotatable bonds is 3. The molecule has 1 aliphatic heterocycles. The van der Waals surface area contributed by atoms with E-state index in [0.717, 1.165) is 0 Å². The van der Waals surface area contributed by atoms with Crippen molar-refractivity contribution < 1.29 is 0 Å². The van der Waals surface area contributed by atoms with Crippen LogP contribution in [0.2, 0.25) is 0 Å². The number of hydrogen-bond donors (Lipinski definition) is 0. The van der Waals surface area contributed by atoms with Crippen molar-refractivity contribution in [2.45, 2.75) is 25.7 Å². The van der Waals surface area contributed by atoms with Gasteiger partial charge in [-0.05, 0) is 66.6 Å². The zero-order valence-corrected chi connectivity index (χ0v) is 11.2. The summed E-state index contributed by atoms with van der Waals surface area (Å²) in [5.74, 6) is 0. The van der Waals surface area contributed by atoms with Gasteiger partial charge in [-0.25, -0.2) is 0 Å². The summed E-state index contributed by atoms with van der Waals surface area (Å²) in [4.78, 5) is 2.60. The minimum Gasteiger partial charge on any atom is -0.303 e. The Morgan fingerprint density at radius 2 is 1.80 bits per heavy atom. The minimum absolute atomic E-state index is 1.21. The van der Waals surface area contributed by atoms with Gasteiger partial charge in [0, 0.05) is 10.1 Å². The van der Waals surface area contributed by atoms with Gasteiger partial charge in [0.05, 0.1) is 0 Å². The first-order valence-electron chi connectivity index (χ1n) is 5.82. The lowest BCUT2D eigenvalue weighted by atomic mass is 10.1. The lowest BCUT2D eigenvalue weighted by molar-refractivity contribution is 0.231. The summed E-state index contributed by atoms with van der Waals surface area (Å²) < 4.78 is 1.41. The van der Waals surface area contributed by atoms with Gasteiger partial charge < -0.3 is 4.90 Å². The molecular weight excluding hydrogens is 297 g/mol. The highest BCUT2D eigenvalue weighted by molar-refractivity contribution is 14.1. The van der Waals surface area contributed by atoms with Crippen LogP contribution in [0.25, 0.3) is 0 Å². The molecule has 0 bridgehead atoms. The van der Waals surface area contributed by atoms with Crippen molar-refractivity contribution in [2.75, 3.05) is 19.6 Å². The number of halogens is 1. The van der Waals surface area contributed by atoms with Gasteiger partial charge in [-0.3, -0.25) is 0 Å². The van der Waals surface area contributed by atoms with E-state index >= 15 is 0 Å². The molecule has 1 aromatic rings. The van der Waals surface area contributed by atoms with Crippen molar-refractivity contribution in [2.24, 2.45) is 0 Å². The SMILES string of the molecule is Ic1ccccc1CCN1CCCCC1. The normalized spacial score (nSPS) is 17.9. The molecule has 0 unspecified atom stereocenters. The molecule has 2 rings (SSSR count). The Morgan fingerprint density at radius 1 is 1.07 bits per heavy atom. The first-order chi connectivity index (χ1) is 7.36. The zero-order valence-electron chi connectivity index (χ0n) is 9.08. The third-order valence-corrected chi connectivity index (χ3v) is 4.16. The zero-order chi connectivity index (χ0) is 10.5. The highest BCUT2D eigenvalue weighted by Crippen LogP contribution is 2.14.